The summed E-state index contributed by atoms with van der Waals surface area (Å²) < 4.78 is 11.0. The minimum atomic E-state index is -0.714. The topological polar surface area (TPSA) is 81.9 Å². The average molecular weight is 487 g/mol. The van der Waals surface area contributed by atoms with Crippen molar-refractivity contribution in [3.8, 4) is 5.75 Å². The van der Waals surface area contributed by atoms with E-state index in [1.54, 1.807) is 25.3 Å². The highest BCUT2D eigenvalue weighted by atomic mass is 16.5. The van der Waals surface area contributed by atoms with Gasteiger partial charge in [-0.1, -0.05) is 69.3 Å². The van der Waals surface area contributed by atoms with E-state index in [0.717, 1.165) is 35.2 Å². The molecule has 188 valence electrons. The lowest BCUT2D eigenvalue weighted by molar-refractivity contribution is -0.119. The first-order valence-electron chi connectivity index (χ1n) is 12.3. The molecule has 2 N–H and O–H groups in total. The van der Waals surface area contributed by atoms with Gasteiger partial charge in [0.25, 0.3) is 0 Å². The van der Waals surface area contributed by atoms with Gasteiger partial charge in [-0.15, -0.1) is 0 Å². The number of hydrogen-bond donors (Lipinski definition) is 1. The molecule has 3 aromatic carbocycles. The molecule has 36 heavy (non-hydrogen) atoms. The quantitative estimate of drug-likeness (QED) is 0.457. The second-order valence-corrected chi connectivity index (χ2v) is 10.2. The van der Waals surface area contributed by atoms with Crippen molar-refractivity contribution in [3.63, 3.8) is 0 Å². The number of amides is 1. The Morgan fingerprint density at radius 3 is 2.31 bits per heavy atom. The van der Waals surface area contributed by atoms with E-state index in [1.165, 1.54) is 5.56 Å². The van der Waals surface area contributed by atoms with Crippen LogP contribution in [0, 0.1) is 0 Å². The van der Waals surface area contributed by atoms with Crippen LogP contribution in [0.4, 0.5) is 5.69 Å². The third kappa shape index (κ3) is 5.38. The van der Waals surface area contributed by atoms with Gasteiger partial charge in [0.05, 0.1) is 18.4 Å². The van der Waals surface area contributed by atoms with Crippen LogP contribution in [0.15, 0.2) is 66.7 Å². The Kier molecular flexibility index (Phi) is 7.34. The number of anilines is 1. The Morgan fingerprint density at radius 2 is 1.69 bits per heavy atom. The highest BCUT2D eigenvalue weighted by Gasteiger charge is 2.33. The molecule has 0 saturated carbocycles. The minimum Gasteiger partial charge on any atom is -0.497 e. The van der Waals surface area contributed by atoms with Crippen LogP contribution in [0.5, 0.6) is 5.75 Å². The van der Waals surface area contributed by atoms with Crippen LogP contribution in [0.25, 0.3) is 0 Å². The Hall–Kier alpha value is -3.80. The zero-order valence-corrected chi connectivity index (χ0v) is 21.4. The molecular formula is C30H34N2O4. The van der Waals surface area contributed by atoms with Gasteiger partial charge in [-0.2, -0.15) is 0 Å². The van der Waals surface area contributed by atoms with Crippen molar-refractivity contribution < 1.29 is 19.1 Å². The van der Waals surface area contributed by atoms with Gasteiger partial charge in [0.15, 0.2) is 0 Å². The molecule has 0 saturated heterocycles. The largest absolute Gasteiger partial charge is 0.497 e. The molecule has 0 spiro atoms. The lowest BCUT2D eigenvalue weighted by atomic mass is 9.87. The number of carbonyl (C=O) groups is 2. The molecule has 0 aliphatic carbocycles. The fraction of sp³-hybridized carbons (Fsp3) is 0.333. The number of aryl methyl sites for hydroxylation is 1. The summed E-state index contributed by atoms with van der Waals surface area (Å²) >= 11 is 0. The van der Waals surface area contributed by atoms with Crippen LogP contribution in [-0.2, 0) is 28.0 Å². The summed E-state index contributed by atoms with van der Waals surface area (Å²) in [5.41, 5.74) is 11.0. The fourth-order valence-corrected chi connectivity index (χ4v) is 4.72. The lowest BCUT2D eigenvalue weighted by Gasteiger charge is -2.37. The number of esters is 1. The predicted molar refractivity (Wildman–Crippen MR) is 141 cm³/mol. The standard InChI is InChI=1S/C30H34N2O4/c1-30(2,3)23-14-10-20(11-15-23)19-36-29(34)25-9-5-7-21-8-6-18-32(26(21)25)27(28(31)33)22-12-16-24(35-4)17-13-22/h5,7,9-17,27H,6,8,18-19H2,1-4H3,(H2,31,33). The summed E-state index contributed by atoms with van der Waals surface area (Å²) in [6, 6.07) is 20.3. The van der Waals surface area contributed by atoms with Gasteiger partial charge in [-0.3, -0.25) is 4.79 Å². The molecule has 1 aliphatic heterocycles. The SMILES string of the molecule is COc1ccc(C(C(N)=O)N2CCCc3cccc(C(=O)OCc4ccc(C(C)(C)C)cc4)c32)cc1. The summed E-state index contributed by atoms with van der Waals surface area (Å²) in [5.74, 6) is -0.201. The number of nitrogens with two attached hydrogens (primary N) is 1. The molecule has 0 bridgehead atoms. The van der Waals surface area contributed by atoms with Crippen molar-refractivity contribution in [1.82, 2.24) is 0 Å². The number of benzene rings is 3. The number of para-hydroxylation sites is 1. The number of ether oxygens (including phenoxy) is 2. The van der Waals surface area contributed by atoms with Crippen molar-refractivity contribution in [2.24, 2.45) is 5.73 Å². The summed E-state index contributed by atoms with van der Waals surface area (Å²) in [7, 11) is 1.60. The van der Waals surface area contributed by atoms with Gasteiger partial charge >= 0.3 is 5.97 Å². The highest BCUT2D eigenvalue weighted by molar-refractivity contribution is 5.98. The van der Waals surface area contributed by atoms with Crippen LogP contribution in [-0.4, -0.2) is 25.5 Å². The molecular weight excluding hydrogens is 452 g/mol. The molecule has 1 heterocycles. The van der Waals surface area contributed by atoms with E-state index < -0.39 is 17.9 Å². The maximum absolute atomic E-state index is 13.3. The molecule has 0 aromatic heterocycles. The molecule has 6 nitrogen and oxygen atoms in total. The first-order chi connectivity index (χ1) is 17.2. The summed E-state index contributed by atoms with van der Waals surface area (Å²) in [6.07, 6.45) is 1.67. The highest BCUT2D eigenvalue weighted by Crippen LogP contribution is 2.38. The number of nitrogens with zero attached hydrogens (tertiary/aromatic N) is 1. The summed E-state index contributed by atoms with van der Waals surface area (Å²) in [4.78, 5) is 27.9. The van der Waals surface area contributed by atoms with Crippen LogP contribution in [0.2, 0.25) is 0 Å². The molecule has 6 heteroatoms. The summed E-state index contributed by atoms with van der Waals surface area (Å²) in [5, 5.41) is 0. The van der Waals surface area contributed by atoms with Crippen molar-refractivity contribution >= 4 is 17.6 Å². The Bertz CT molecular complexity index is 1230. The maximum Gasteiger partial charge on any atom is 0.340 e. The van der Waals surface area contributed by atoms with Crippen LogP contribution < -0.4 is 15.4 Å². The molecule has 0 radical (unpaired) electrons. The average Bonchev–Trinajstić information content (AvgIpc) is 2.87. The van der Waals surface area contributed by atoms with E-state index in [2.05, 4.69) is 32.9 Å². The van der Waals surface area contributed by atoms with E-state index in [4.69, 9.17) is 15.2 Å². The Morgan fingerprint density at radius 1 is 1.00 bits per heavy atom. The zero-order chi connectivity index (χ0) is 25.9. The summed E-state index contributed by atoms with van der Waals surface area (Å²) in [6.45, 7) is 7.27. The molecule has 1 aliphatic rings. The van der Waals surface area contributed by atoms with Gasteiger partial charge in [-0.25, -0.2) is 4.79 Å². The zero-order valence-electron chi connectivity index (χ0n) is 21.4. The molecule has 1 amide bonds. The van der Waals surface area contributed by atoms with Crippen molar-refractivity contribution in [2.75, 3.05) is 18.6 Å². The fourth-order valence-electron chi connectivity index (χ4n) is 4.72. The second kappa shape index (κ2) is 10.4. The molecule has 4 rings (SSSR count). The predicted octanol–water partition coefficient (Wildman–Crippen LogP) is 5.33. The van der Waals surface area contributed by atoms with Crippen LogP contribution >= 0.6 is 0 Å². The van der Waals surface area contributed by atoms with Gasteiger partial charge in [0.1, 0.15) is 18.4 Å². The normalized spacial score (nSPS) is 14.1. The van der Waals surface area contributed by atoms with Crippen LogP contribution in [0.3, 0.4) is 0 Å². The van der Waals surface area contributed by atoms with Crippen molar-refractivity contribution in [1.29, 1.82) is 0 Å². The number of hydrogen-bond acceptors (Lipinski definition) is 5. The number of carbonyl (C=O) groups excluding carboxylic acids is 2. The smallest absolute Gasteiger partial charge is 0.340 e. The molecule has 3 aromatic rings. The second-order valence-electron chi connectivity index (χ2n) is 10.2. The van der Waals surface area contributed by atoms with Crippen molar-refractivity contribution in [2.45, 2.75) is 51.7 Å². The van der Waals surface area contributed by atoms with E-state index in [-0.39, 0.29) is 12.0 Å². The number of primary amides is 1. The van der Waals surface area contributed by atoms with E-state index in [1.807, 2.05) is 41.3 Å². The first kappa shape index (κ1) is 25.3. The maximum atomic E-state index is 13.3. The van der Waals surface area contributed by atoms with Crippen LogP contribution in [0.1, 0.15) is 65.8 Å². The van der Waals surface area contributed by atoms with Gasteiger partial charge in [-0.05, 0) is 58.7 Å². The molecule has 1 unspecified atom stereocenters. The van der Waals surface area contributed by atoms with Gasteiger partial charge < -0.3 is 20.1 Å². The van der Waals surface area contributed by atoms with Gasteiger partial charge in [0.2, 0.25) is 5.91 Å². The number of fused-ring (bicyclic) bond motifs is 1. The Labute approximate surface area is 213 Å². The van der Waals surface area contributed by atoms with E-state index >= 15 is 0 Å². The lowest BCUT2D eigenvalue weighted by Crippen LogP contribution is -2.41. The third-order valence-electron chi connectivity index (χ3n) is 6.67. The minimum absolute atomic E-state index is 0.0582. The first-order valence-corrected chi connectivity index (χ1v) is 12.3. The van der Waals surface area contributed by atoms with E-state index in [9.17, 15) is 9.59 Å². The van der Waals surface area contributed by atoms with Crippen molar-refractivity contribution in [3.05, 3.63) is 94.5 Å². The number of methoxy groups -OCH3 is 1. The number of rotatable bonds is 7. The molecule has 0 fully saturated rings. The van der Waals surface area contributed by atoms with E-state index in [0.29, 0.717) is 17.9 Å². The molecule has 1 atom stereocenters. The Balaban J connectivity index is 1.61. The monoisotopic (exact) mass is 486 g/mol. The third-order valence-corrected chi connectivity index (χ3v) is 6.67. The van der Waals surface area contributed by atoms with Gasteiger partial charge in [0, 0.05) is 6.54 Å².